The maximum Gasteiger partial charge on any atom is 0.268 e. The predicted octanol–water partition coefficient (Wildman–Crippen LogP) is 5.49. The van der Waals surface area contributed by atoms with Gasteiger partial charge in [-0.15, -0.1) is 11.3 Å². The van der Waals surface area contributed by atoms with Crippen molar-refractivity contribution in [2.45, 2.75) is 70.8 Å². The normalized spacial score (nSPS) is 17.1. The summed E-state index contributed by atoms with van der Waals surface area (Å²) in [6, 6.07) is 11.3. The molecule has 2 aromatic heterocycles. The van der Waals surface area contributed by atoms with Crippen LogP contribution in [0.1, 0.15) is 84.3 Å². The second-order valence-electron chi connectivity index (χ2n) is 10.4. The second kappa shape index (κ2) is 11.5. The minimum atomic E-state index is -0.316. The Bertz CT molecular complexity index is 1390. The molecule has 3 aromatic rings. The molecule has 1 saturated carbocycles. The zero-order chi connectivity index (χ0) is 26.6. The van der Waals surface area contributed by atoms with Crippen molar-refractivity contribution in [1.29, 1.82) is 5.26 Å². The fourth-order valence-corrected chi connectivity index (χ4v) is 6.38. The highest BCUT2D eigenvalue weighted by molar-refractivity contribution is 7.14. The number of benzene rings is 1. The Morgan fingerprint density at radius 1 is 1.16 bits per heavy atom. The van der Waals surface area contributed by atoms with Gasteiger partial charge in [0.15, 0.2) is 0 Å². The minimum Gasteiger partial charge on any atom is -0.343 e. The van der Waals surface area contributed by atoms with Gasteiger partial charge in [-0.3, -0.25) is 19.7 Å². The molecule has 2 amide bonds. The lowest BCUT2D eigenvalue weighted by atomic mass is 9.80. The van der Waals surface area contributed by atoms with Gasteiger partial charge in [-0.2, -0.15) is 5.26 Å². The number of amides is 2. The van der Waals surface area contributed by atoms with E-state index in [1.165, 1.54) is 6.42 Å². The maximum absolute atomic E-state index is 13.2. The molecule has 1 saturated heterocycles. The Labute approximate surface area is 226 Å². The molecular formula is C29H33N5O3S. The van der Waals surface area contributed by atoms with Gasteiger partial charge in [0.05, 0.1) is 15.9 Å². The quantitative estimate of drug-likeness (QED) is 0.393. The SMILES string of the molecule is CC(C(=O)C1CCCCC1)c1ccc2c(c1)nc(NC(=O)c1ccc(C#N)s1)n2CCCN1CCCC1=O. The summed E-state index contributed by atoms with van der Waals surface area (Å²) in [4.78, 5) is 45.8. The number of nitriles is 1. The van der Waals surface area contributed by atoms with Crippen molar-refractivity contribution < 1.29 is 14.4 Å². The van der Waals surface area contributed by atoms with E-state index in [0.29, 0.717) is 41.0 Å². The number of imidazole rings is 1. The molecular weight excluding hydrogens is 498 g/mol. The molecule has 1 aromatic carbocycles. The van der Waals surface area contributed by atoms with E-state index in [1.54, 1.807) is 12.1 Å². The van der Waals surface area contributed by atoms with Crippen molar-refractivity contribution in [3.63, 3.8) is 0 Å². The predicted molar refractivity (Wildman–Crippen MR) is 147 cm³/mol. The summed E-state index contributed by atoms with van der Waals surface area (Å²) in [5, 5.41) is 12.1. The largest absolute Gasteiger partial charge is 0.343 e. The van der Waals surface area contributed by atoms with Crippen LogP contribution in [0.5, 0.6) is 0 Å². The van der Waals surface area contributed by atoms with E-state index in [2.05, 4.69) is 11.4 Å². The Hall–Kier alpha value is -3.51. The number of ketones is 1. The molecule has 8 nitrogen and oxygen atoms in total. The average molecular weight is 532 g/mol. The van der Waals surface area contributed by atoms with E-state index in [4.69, 9.17) is 10.2 Å². The number of likely N-dealkylation sites (tertiary alicyclic amines) is 1. The molecule has 198 valence electrons. The van der Waals surface area contributed by atoms with Crippen LogP contribution >= 0.6 is 11.3 Å². The standard InChI is InChI=1S/C29H33N5O3S/c1-19(27(36)20-7-3-2-4-8-20)21-10-12-24-23(17-21)31-29(32-28(37)25-13-11-22(18-30)38-25)34(24)16-6-15-33-14-5-9-26(33)35/h10-13,17,19-20H,2-9,14-16H2,1H3,(H,31,32,37). The lowest BCUT2D eigenvalue weighted by molar-refractivity contribution is -0.127. The molecule has 3 heterocycles. The van der Waals surface area contributed by atoms with Gasteiger partial charge in [0, 0.05) is 37.9 Å². The van der Waals surface area contributed by atoms with Crippen LogP contribution in [0.15, 0.2) is 30.3 Å². The van der Waals surface area contributed by atoms with Crippen LogP contribution < -0.4 is 5.32 Å². The van der Waals surface area contributed by atoms with Crippen molar-refractivity contribution in [2.75, 3.05) is 18.4 Å². The van der Waals surface area contributed by atoms with Gasteiger partial charge >= 0.3 is 0 Å². The molecule has 1 aliphatic heterocycles. The van der Waals surface area contributed by atoms with E-state index in [9.17, 15) is 14.4 Å². The van der Waals surface area contributed by atoms with Gasteiger partial charge in [0.1, 0.15) is 16.7 Å². The van der Waals surface area contributed by atoms with Crippen LogP contribution in [-0.4, -0.2) is 45.1 Å². The number of fused-ring (bicyclic) bond motifs is 1. The van der Waals surface area contributed by atoms with Gasteiger partial charge in [0.2, 0.25) is 11.9 Å². The summed E-state index contributed by atoms with van der Waals surface area (Å²) in [5.74, 6) is 0.540. The Kier molecular flexibility index (Phi) is 7.89. The van der Waals surface area contributed by atoms with Gasteiger partial charge in [-0.1, -0.05) is 32.3 Å². The van der Waals surface area contributed by atoms with Crippen LogP contribution in [0, 0.1) is 17.2 Å². The van der Waals surface area contributed by atoms with Gasteiger partial charge in [-0.05, 0) is 55.5 Å². The molecule has 0 spiro atoms. The maximum atomic E-state index is 13.2. The topological polar surface area (TPSA) is 108 Å². The number of nitrogens with one attached hydrogen (secondary N) is 1. The van der Waals surface area contributed by atoms with Gasteiger partial charge in [0.25, 0.3) is 5.91 Å². The van der Waals surface area contributed by atoms with Crippen molar-refractivity contribution >= 4 is 45.9 Å². The number of anilines is 1. The highest BCUT2D eigenvalue weighted by atomic mass is 32.1. The molecule has 1 unspecified atom stereocenters. The number of Topliss-reactive ketones (excluding diaryl/α,β-unsaturated/α-hetero) is 1. The van der Waals surface area contributed by atoms with Crippen LogP contribution in [0.4, 0.5) is 5.95 Å². The number of carbonyl (C=O) groups is 3. The van der Waals surface area contributed by atoms with Crippen molar-refractivity contribution in [1.82, 2.24) is 14.5 Å². The van der Waals surface area contributed by atoms with E-state index in [1.807, 2.05) is 34.6 Å². The lowest BCUT2D eigenvalue weighted by Crippen LogP contribution is -2.26. The van der Waals surface area contributed by atoms with E-state index >= 15 is 0 Å². The smallest absolute Gasteiger partial charge is 0.268 e. The number of aryl methyl sites for hydroxylation is 1. The first kappa shape index (κ1) is 26.1. The van der Waals surface area contributed by atoms with Crippen LogP contribution in [0.3, 0.4) is 0 Å². The number of hydrogen-bond acceptors (Lipinski definition) is 6. The monoisotopic (exact) mass is 531 g/mol. The molecule has 1 aliphatic carbocycles. The minimum absolute atomic E-state index is 0.138. The number of hydrogen-bond donors (Lipinski definition) is 1. The number of nitrogens with zero attached hydrogens (tertiary/aromatic N) is 4. The fraction of sp³-hybridized carbons (Fsp3) is 0.483. The van der Waals surface area contributed by atoms with E-state index < -0.39 is 0 Å². The van der Waals surface area contributed by atoms with Crippen molar-refractivity contribution in [3.05, 3.63) is 45.6 Å². The summed E-state index contributed by atoms with van der Waals surface area (Å²) in [7, 11) is 0. The Morgan fingerprint density at radius 3 is 2.68 bits per heavy atom. The van der Waals surface area contributed by atoms with E-state index in [0.717, 1.165) is 73.0 Å². The van der Waals surface area contributed by atoms with Gasteiger partial charge in [-0.25, -0.2) is 4.98 Å². The molecule has 1 N–H and O–H groups in total. The van der Waals surface area contributed by atoms with Crippen LogP contribution in [0.2, 0.25) is 0 Å². The third-order valence-electron chi connectivity index (χ3n) is 7.85. The molecule has 1 atom stereocenters. The average Bonchev–Trinajstić information content (AvgIpc) is 3.67. The number of aromatic nitrogens is 2. The van der Waals surface area contributed by atoms with Crippen molar-refractivity contribution in [2.24, 2.45) is 5.92 Å². The highest BCUT2D eigenvalue weighted by Crippen LogP contribution is 2.32. The third-order valence-corrected chi connectivity index (χ3v) is 8.84. The first-order chi connectivity index (χ1) is 18.4. The van der Waals surface area contributed by atoms with Crippen LogP contribution in [-0.2, 0) is 16.1 Å². The summed E-state index contributed by atoms with van der Waals surface area (Å²) in [5.41, 5.74) is 2.54. The summed E-state index contributed by atoms with van der Waals surface area (Å²) in [6.07, 6.45) is 7.66. The lowest BCUT2D eigenvalue weighted by Gasteiger charge is -2.23. The van der Waals surface area contributed by atoms with Gasteiger partial charge < -0.3 is 9.47 Å². The Balaban J connectivity index is 1.40. The zero-order valence-electron chi connectivity index (χ0n) is 21.7. The van der Waals surface area contributed by atoms with Crippen molar-refractivity contribution in [3.8, 4) is 6.07 Å². The number of thiophene rings is 1. The molecule has 0 radical (unpaired) electrons. The summed E-state index contributed by atoms with van der Waals surface area (Å²) >= 11 is 1.14. The Morgan fingerprint density at radius 2 is 1.97 bits per heavy atom. The third kappa shape index (κ3) is 5.51. The molecule has 9 heteroatoms. The molecule has 38 heavy (non-hydrogen) atoms. The fourth-order valence-electron chi connectivity index (χ4n) is 5.69. The zero-order valence-corrected chi connectivity index (χ0v) is 22.6. The first-order valence-corrected chi connectivity index (χ1v) is 14.4. The molecule has 5 rings (SSSR count). The summed E-state index contributed by atoms with van der Waals surface area (Å²) in [6.45, 7) is 4.02. The van der Waals surface area contributed by atoms with Crippen LogP contribution in [0.25, 0.3) is 11.0 Å². The summed E-state index contributed by atoms with van der Waals surface area (Å²) < 4.78 is 1.98. The molecule has 0 bridgehead atoms. The number of carbonyl (C=O) groups excluding carboxylic acids is 3. The highest BCUT2D eigenvalue weighted by Gasteiger charge is 2.27. The van der Waals surface area contributed by atoms with E-state index in [-0.39, 0.29) is 23.7 Å². The molecule has 2 fully saturated rings. The first-order valence-electron chi connectivity index (χ1n) is 13.6. The molecule has 2 aliphatic rings. The second-order valence-corrected chi connectivity index (χ2v) is 11.4. The number of rotatable bonds is 9.